The number of rotatable bonds is 8. The van der Waals surface area contributed by atoms with Gasteiger partial charge in [-0.1, -0.05) is 44.2 Å². The molecular formula is C20H33N2O6+. The number of aliphatic carboxylic acids is 2. The van der Waals surface area contributed by atoms with E-state index in [0.29, 0.717) is 0 Å². The quantitative estimate of drug-likeness (QED) is 0.403. The number of likely N-dealkylation sites (tertiary alicyclic amines) is 1. The Morgan fingerprint density at radius 2 is 1.64 bits per heavy atom. The highest BCUT2D eigenvalue weighted by atomic mass is 16.4. The average Bonchev–Trinajstić information content (AvgIpc) is 3.03. The Labute approximate surface area is 165 Å². The molecule has 1 saturated heterocycles. The van der Waals surface area contributed by atoms with Crippen molar-refractivity contribution in [1.82, 2.24) is 0 Å². The fourth-order valence-electron chi connectivity index (χ4n) is 3.77. The fraction of sp³-hybridized carbons (Fsp3) is 0.600. The number of benzene rings is 1. The molecule has 3 unspecified atom stereocenters. The van der Waals surface area contributed by atoms with Gasteiger partial charge in [0.05, 0.1) is 19.6 Å². The number of aliphatic hydroxyl groups is 2. The summed E-state index contributed by atoms with van der Waals surface area (Å²) in [5, 5.41) is 32.5. The number of carboxylic acids is 2. The van der Waals surface area contributed by atoms with Gasteiger partial charge in [-0.05, 0) is 0 Å². The lowest BCUT2D eigenvalue weighted by Crippen LogP contribution is -2.48. The molecule has 0 amide bonds. The summed E-state index contributed by atoms with van der Waals surface area (Å²) in [7, 11) is 0. The van der Waals surface area contributed by atoms with Gasteiger partial charge in [0.2, 0.25) is 0 Å². The summed E-state index contributed by atoms with van der Waals surface area (Å²) in [4.78, 5) is 19.5. The van der Waals surface area contributed by atoms with Gasteiger partial charge in [-0.2, -0.15) is 0 Å². The molecule has 6 N–H and O–H groups in total. The molecule has 0 saturated carbocycles. The van der Waals surface area contributed by atoms with Gasteiger partial charge in [0.1, 0.15) is 6.54 Å². The minimum absolute atomic E-state index is 0.729. The van der Waals surface area contributed by atoms with Crippen LogP contribution in [0.2, 0.25) is 0 Å². The molecule has 0 radical (unpaired) electrons. The Balaban J connectivity index is 0.000000336. The zero-order valence-corrected chi connectivity index (χ0v) is 16.6. The van der Waals surface area contributed by atoms with Crippen LogP contribution >= 0.6 is 0 Å². The molecule has 1 aromatic rings. The van der Waals surface area contributed by atoms with Gasteiger partial charge >= 0.3 is 11.9 Å². The molecule has 0 aliphatic carbocycles. The van der Waals surface area contributed by atoms with Gasteiger partial charge in [0.15, 0.2) is 12.2 Å². The maximum absolute atomic E-state index is 9.77. The van der Waals surface area contributed by atoms with Crippen LogP contribution in [0.25, 0.3) is 0 Å². The summed E-state index contributed by atoms with van der Waals surface area (Å²) in [6.45, 7) is 10.5. The lowest BCUT2D eigenvalue weighted by atomic mass is 10.1. The minimum Gasteiger partial charge on any atom is -0.479 e. The van der Waals surface area contributed by atoms with E-state index in [9.17, 15) is 9.59 Å². The van der Waals surface area contributed by atoms with Crippen molar-refractivity contribution < 1.29 is 34.5 Å². The van der Waals surface area contributed by atoms with Gasteiger partial charge in [-0.25, -0.2) is 9.59 Å². The van der Waals surface area contributed by atoms with Crippen LogP contribution in [0, 0.1) is 11.8 Å². The summed E-state index contributed by atoms with van der Waals surface area (Å²) >= 11 is 0. The van der Waals surface area contributed by atoms with Crippen LogP contribution in [-0.2, 0) is 16.1 Å². The molecule has 28 heavy (non-hydrogen) atoms. The van der Waals surface area contributed by atoms with E-state index in [0.717, 1.165) is 18.4 Å². The standard InChI is InChI=1S/C16H27N2.C4H6O6/c1-14(2)11-18(9-8-16(10-17)13-18)12-15-6-4-3-5-7-15;5-1(3(7)8)2(6)4(9)10/h3-7,14,16H,8-13,17H2,1-2H3;1-2,5-6H,(H,7,8)(H,9,10)/q+1;/t16-,18?;/m0./s1. The van der Waals surface area contributed by atoms with E-state index >= 15 is 0 Å². The van der Waals surface area contributed by atoms with Gasteiger partial charge in [0.25, 0.3) is 0 Å². The second kappa shape index (κ2) is 11.1. The molecular weight excluding hydrogens is 364 g/mol. The topological polar surface area (TPSA) is 141 Å². The first-order valence-corrected chi connectivity index (χ1v) is 9.51. The van der Waals surface area contributed by atoms with Crippen molar-refractivity contribution in [2.75, 3.05) is 26.2 Å². The molecule has 158 valence electrons. The highest BCUT2D eigenvalue weighted by molar-refractivity contribution is 5.83. The summed E-state index contributed by atoms with van der Waals surface area (Å²) in [6, 6.07) is 10.9. The third-order valence-corrected chi connectivity index (χ3v) is 4.91. The van der Waals surface area contributed by atoms with Crippen LogP contribution in [0.1, 0.15) is 25.8 Å². The van der Waals surface area contributed by atoms with E-state index < -0.39 is 24.1 Å². The Hall–Kier alpha value is -2.00. The number of aliphatic hydroxyl groups excluding tert-OH is 2. The maximum atomic E-state index is 9.77. The largest absolute Gasteiger partial charge is 0.479 e. The van der Waals surface area contributed by atoms with Crippen LogP contribution in [0.3, 0.4) is 0 Å². The third kappa shape index (κ3) is 7.55. The first kappa shape index (κ1) is 24.0. The number of nitrogens with two attached hydrogens (primary N) is 1. The predicted octanol–water partition coefficient (Wildman–Crippen LogP) is 0.515. The van der Waals surface area contributed by atoms with E-state index in [1.807, 2.05) is 0 Å². The predicted molar refractivity (Wildman–Crippen MR) is 104 cm³/mol. The number of hydrogen-bond acceptors (Lipinski definition) is 5. The van der Waals surface area contributed by atoms with E-state index in [2.05, 4.69) is 44.2 Å². The molecule has 1 fully saturated rings. The first-order chi connectivity index (χ1) is 13.1. The molecule has 1 aliphatic heterocycles. The molecule has 0 bridgehead atoms. The summed E-state index contributed by atoms with van der Waals surface area (Å²) in [5.74, 6) is -2.05. The molecule has 2 rings (SSSR count). The van der Waals surface area contributed by atoms with Crippen LogP contribution in [-0.4, -0.2) is 75.2 Å². The zero-order chi connectivity index (χ0) is 21.3. The van der Waals surface area contributed by atoms with Crippen molar-refractivity contribution in [2.45, 2.75) is 39.0 Å². The number of nitrogens with zero attached hydrogens (tertiary/aromatic N) is 1. The SMILES string of the molecule is CC(C)C[N+]1(Cc2ccccc2)CC[C@@H](CN)C1.O=C(O)C(O)C(O)C(=O)O. The van der Waals surface area contributed by atoms with Crippen LogP contribution in [0.5, 0.6) is 0 Å². The van der Waals surface area contributed by atoms with E-state index in [-0.39, 0.29) is 0 Å². The molecule has 1 aliphatic rings. The second-order valence-electron chi connectivity index (χ2n) is 7.92. The monoisotopic (exact) mass is 397 g/mol. The molecule has 0 aromatic heterocycles. The molecule has 1 heterocycles. The molecule has 8 nitrogen and oxygen atoms in total. The molecule has 0 spiro atoms. The summed E-state index contributed by atoms with van der Waals surface area (Å²) < 4.78 is 1.24. The van der Waals surface area contributed by atoms with Gasteiger partial charge in [0, 0.05) is 30.4 Å². The smallest absolute Gasteiger partial charge is 0.335 e. The van der Waals surface area contributed by atoms with Crippen molar-refractivity contribution in [1.29, 1.82) is 0 Å². The number of hydrogen-bond donors (Lipinski definition) is 5. The lowest BCUT2D eigenvalue weighted by molar-refractivity contribution is -0.933. The van der Waals surface area contributed by atoms with E-state index in [4.69, 9.17) is 26.2 Å². The molecule has 1 aromatic carbocycles. The van der Waals surface area contributed by atoms with Gasteiger partial charge in [-0.3, -0.25) is 0 Å². The Morgan fingerprint density at radius 1 is 1.11 bits per heavy atom. The minimum atomic E-state index is -2.27. The zero-order valence-electron chi connectivity index (χ0n) is 16.6. The third-order valence-electron chi connectivity index (χ3n) is 4.91. The number of carboxylic acid groups (broad SMARTS) is 2. The Bertz CT molecular complexity index is 606. The molecule has 8 heteroatoms. The van der Waals surface area contributed by atoms with E-state index in [1.165, 1.54) is 42.6 Å². The summed E-state index contributed by atoms with van der Waals surface area (Å²) in [5.41, 5.74) is 7.34. The van der Waals surface area contributed by atoms with Gasteiger partial charge in [-0.15, -0.1) is 0 Å². The molecule has 4 atom stereocenters. The summed E-state index contributed by atoms with van der Waals surface area (Å²) in [6.07, 6.45) is -3.23. The second-order valence-corrected chi connectivity index (χ2v) is 7.92. The van der Waals surface area contributed by atoms with E-state index in [1.54, 1.807) is 0 Å². The van der Waals surface area contributed by atoms with Crippen molar-refractivity contribution >= 4 is 11.9 Å². The van der Waals surface area contributed by atoms with Crippen molar-refractivity contribution in [3.05, 3.63) is 35.9 Å². The Morgan fingerprint density at radius 3 is 2.04 bits per heavy atom. The first-order valence-electron chi connectivity index (χ1n) is 9.51. The maximum Gasteiger partial charge on any atom is 0.335 e. The fourth-order valence-corrected chi connectivity index (χ4v) is 3.77. The number of quaternary nitrogens is 1. The van der Waals surface area contributed by atoms with Crippen LogP contribution < -0.4 is 5.73 Å². The van der Waals surface area contributed by atoms with Crippen molar-refractivity contribution in [2.24, 2.45) is 17.6 Å². The highest BCUT2D eigenvalue weighted by Crippen LogP contribution is 2.28. The number of carbonyl (C=O) groups is 2. The average molecular weight is 397 g/mol. The lowest BCUT2D eigenvalue weighted by Gasteiger charge is -2.36. The van der Waals surface area contributed by atoms with Crippen LogP contribution in [0.15, 0.2) is 30.3 Å². The van der Waals surface area contributed by atoms with Crippen molar-refractivity contribution in [3.63, 3.8) is 0 Å². The van der Waals surface area contributed by atoms with Crippen molar-refractivity contribution in [3.8, 4) is 0 Å². The highest BCUT2D eigenvalue weighted by Gasteiger charge is 2.38. The Kier molecular flexibility index (Phi) is 9.54. The van der Waals surface area contributed by atoms with Gasteiger partial charge < -0.3 is 30.6 Å². The normalized spacial score (nSPS) is 23.6. The van der Waals surface area contributed by atoms with Crippen LogP contribution in [0.4, 0.5) is 0 Å².